The number of thiophene rings is 1. The van der Waals surface area contributed by atoms with Crippen molar-refractivity contribution >= 4 is 65.0 Å². The Bertz CT molecular complexity index is 2740. The normalized spacial score (nSPS) is 12.6. The van der Waals surface area contributed by atoms with E-state index < -0.39 is 0 Å². The molecule has 1 N–H and O–H groups in total. The average Bonchev–Trinajstić information content (AvgIpc) is 3.74. The highest BCUT2D eigenvalue weighted by molar-refractivity contribution is 7.26. The quantitative estimate of drug-likeness (QED) is 0.209. The van der Waals surface area contributed by atoms with Crippen LogP contribution in [0.2, 0.25) is 0 Å². The topological polar surface area (TPSA) is 63.8 Å². The molecule has 3 aromatic heterocycles. The number of nitrogens with zero attached hydrogens (tertiary/aromatic N) is 3. The third-order valence-corrected chi connectivity index (χ3v) is 10.4. The maximum atomic E-state index is 6.65. The number of hydrogen-bond donors (Lipinski definition) is 1. The third kappa shape index (κ3) is 4.27. The summed E-state index contributed by atoms with van der Waals surface area (Å²) in [5.41, 5.74) is 6.71. The van der Waals surface area contributed by atoms with E-state index in [1.807, 2.05) is 30.3 Å². The van der Waals surface area contributed by atoms with Gasteiger partial charge in [0.25, 0.3) is 0 Å². The average molecular weight is 635 g/mol. The maximum Gasteiger partial charge on any atom is 0.165 e. The summed E-state index contributed by atoms with van der Waals surface area (Å²) in [5.74, 6) is 2.68. The first-order valence-electron chi connectivity index (χ1n) is 16.0. The van der Waals surface area contributed by atoms with Gasteiger partial charge in [-0.05, 0) is 52.7 Å². The Morgan fingerprint density at radius 2 is 1.33 bits per heavy atom. The van der Waals surface area contributed by atoms with E-state index in [0.717, 1.165) is 50.2 Å². The Kier molecular flexibility index (Phi) is 6.04. The molecule has 0 radical (unpaired) electrons. The van der Waals surface area contributed by atoms with E-state index in [9.17, 15) is 0 Å². The lowest BCUT2D eigenvalue weighted by Gasteiger charge is -2.13. The van der Waals surface area contributed by atoms with Gasteiger partial charge in [0.15, 0.2) is 23.2 Å². The summed E-state index contributed by atoms with van der Waals surface area (Å²) in [6, 6.07) is 44.4. The zero-order valence-corrected chi connectivity index (χ0v) is 26.5. The number of furan rings is 1. The van der Waals surface area contributed by atoms with E-state index in [1.54, 1.807) is 11.3 Å². The van der Waals surface area contributed by atoms with Crippen molar-refractivity contribution in [2.24, 2.45) is 0 Å². The predicted octanol–water partition coefficient (Wildman–Crippen LogP) is 11.2. The van der Waals surface area contributed by atoms with E-state index in [4.69, 9.17) is 19.4 Å². The summed E-state index contributed by atoms with van der Waals surface area (Å²) in [5, 5.41) is 9.40. The highest BCUT2D eigenvalue weighted by Gasteiger charge is 2.24. The van der Waals surface area contributed by atoms with Crippen molar-refractivity contribution in [3.8, 4) is 45.3 Å². The molecule has 0 saturated heterocycles. The summed E-state index contributed by atoms with van der Waals surface area (Å²) in [6.45, 7) is 0.715. The molecule has 4 heterocycles. The van der Waals surface area contributed by atoms with Crippen LogP contribution in [0.15, 0.2) is 138 Å². The van der Waals surface area contributed by atoms with E-state index >= 15 is 0 Å². The van der Waals surface area contributed by atoms with Gasteiger partial charge in [-0.25, -0.2) is 15.0 Å². The molecule has 0 saturated carbocycles. The van der Waals surface area contributed by atoms with Crippen LogP contribution in [-0.2, 0) is 0 Å². The van der Waals surface area contributed by atoms with Crippen LogP contribution in [0, 0.1) is 0 Å². The molecule has 0 unspecified atom stereocenters. The number of fused-ring (bicyclic) bond motifs is 7. The number of nitrogens with one attached hydrogen (secondary N) is 1. The second kappa shape index (κ2) is 10.7. The van der Waals surface area contributed by atoms with Crippen LogP contribution in [0.3, 0.4) is 0 Å². The summed E-state index contributed by atoms with van der Waals surface area (Å²) in [6.07, 6.45) is 4.14. The number of hydrogen-bond acceptors (Lipinski definition) is 6. The first-order chi connectivity index (χ1) is 23.8. The van der Waals surface area contributed by atoms with Crippen LogP contribution < -0.4 is 5.32 Å². The molecule has 226 valence electrons. The van der Waals surface area contributed by atoms with Crippen molar-refractivity contribution in [3.05, 3.63) is 139 Å². The van der Waals surface area contributed by atoms with E-state index in [0.29, 0.717) is 24.0 Å². The van der Waals surface area contributed by atoms with Gasteiger partial charge in [0, 0.05) is 49.0 Å². The highest BCUT2D eigenvalue weighted by Crippen LogP contribution is 2.45. The molecule has 0 fully saturated rings. The van der Waals surface area contributed by atoms with Crippen LogP contribution in [0.5, 0.6) is 0 Å². The Labute approximate surface area is 279 Å². The fourth-order valence-electron chi connectivity index (χ4n) is 6.87. The van der Waals surface area contributed by atoms with Gasteiger partial charge < -0.3 is 9.73 Å². The second-order valence-corrected chi connectivity index (χ2v) is 13.1. The molecule has 6 aromatic carbocycles. The number of aromatic nitrogens is 3. The standard InChI is InChI=1S/C42H26N4OS/c1-2-11-26(12-3-1)40-44-41(46-42(45-40)33-16-8-15-31-30-14-6-7-18-35(30)48-39(31)33)32-22-21-29(28-20-19-25-10-4-5-13-27(25)24-28)38-36(32)37-34(47-38)17-9-23-43-37/h1-22,24,43H,23H2. The van der Waals surface area contributed by atoms with Crippen LogP contribution >= 0.6 is 11.3 Å². The molecule has 0 atom stereocenters. The molecule has 0 spiro atoms. The van der Waals surface area contributed by atoms with Gasteiger partial charge in [0.05, 0.1) is 11.1 Å². The van der Waals surface area contributed by atoms with Crippen molar-refractivity contribution in [2.45, 2.75) is 0 Å². The van der Waals surface area contributed by atoms with Crippen LogP contribution in [0.1, 0.15) is 5.76 Å². The number of anilines is 1. The first-order valence-corrected chi connectivity index (χ1v) is 16.8. The van der Waals surface area contributed by atoms with Gasteiger partial charge in [-0.15, -0.1) is 11.3 Å². The molecule has 10 rings (SSSR count). The summed E-state index contributed by atoms with van der Waals surface area (Å²) < 4.78 is 9.06. The minimum absolute atomic E-state index is 0.604. The monoisotopic (exact) mass is 634 g/mol. The predicted molar refractivity (Wildman–Crippen MR) is 199 cm³/mol. The number of rotatable bonds is 4. The minimum Gasteiger partial charge on any atom is -0.454 e. The molecular weight excluding hydrogens is 609 g/mol. The summed E-state index contributed by atoms with van der Waals surface area (Å²) in [7, 11) is 0. The Hall–Kier alpha value is -6.11. The molecule has 0 amide bonds. The van der Waals surface area contributed by atoms with Crippen molar-refractivity contribution in [1.82, 2.24) is 15.0 Å². The van der Waals surface area contributed by atoms with Crippen LogP contribution in [0.25, 0.3) is 93.3 Å². The molecule has 6 heteroatoms. The Morgan fingerprint density at radius 1 is 0.583 bits per heavy atom. The van der Waals surface area contributed by atoms with Gasteiger partial charge >= 0.3 is 0 Å². The van der Waals surface area contributed by atoms with Gasteiger partial charge in [-0.1, -0.05) is 103 Å². The minimum atomic E-state index is 0.604. The second-order valence-electron chi connectivity index (χ2n) is 12.0. The lowest BCUT2D eigenvalue weighted by Crippen LogP contribution is -2.04. The molecular formula is C42H26N4OS. The van der Waals surface area contributed by atoms with Crippen molar-refractivity contribution in [1.29, 1.82) is 0 Å². The van der Waals surface area contributed by atoms with E-state index in [1.165, 1.54) is 30.9 Å². The largest absolute Gasteiger partial charge is 0.454 e. The zero-order valence-electron chi connectivity index (χ0n) is 25.6. The van der Waals surface area contributed by atoms with Gasteiger partial charge in [-0.2, -0.15) is 0 Å². The Balaban J connectivity index is 1.24. The lowest BCUT2D eigenvalue weighted by molar-refractivity contribution is 0.605. The van der Waals surface area contributed by atoms with Crippen molar-refractivity contribution < 1.29 is 4.42 Å². The first kappa shape index (κ1) is 27.0. The van der Waals surface area contributed by atoms with E-state index in [2.05, 4.69) is 115 Å². The lowest BCUT2D eigenvalue weighted by atomic mass is 9.96. The third-order valence-electron chi connectivity index (χ3n) is 9.15. The fraction of sp³-hybridized carbons (Fsp3) is 0.0238. The smallest absolute Gasteiger partial charge is 0.165 e. The molecule has 48 heavy (non-hydrogen) atoms. The molecule has 5 nitrogen and oxygen atoms in total. The SMILES string of the molecule is C1=Cc2oc3c(-c4ccc5ccccc5c4)ccc(-c4nc(-c5ccccc5)nc(-c5cccc6c5sc5ccccc56)n4)c3c2NC1. The van der Waals surface area contributed by atoms with Crippen molar-refractivity contribution in [2.75, 3.05) is 11.9 Å². The molecule has 1 aliphatic rings. The zero-order chi connectivity index (χ0) is 31.6. The van der Waals surface area contributed by atoms with Crippen molar-refractivity contribution in [3.63, 3.8) is 0 Å². The molecule has 0 aliphatic carbocycles. The molecule has 9 aromatic rings. The summed E-state index contributed by atoms with van der Waals surface area (Å²) >= 11 is 1.78. The van der Waals surface area contributed by atoms with E-state index in [-0.39, 0.29) is 0 Å². The fourth-order valence-corrected chi connectivity index (χ4v) is 8.08. The molecule has 1 aliphatic heterocycles. The van der Waals surface area contributed by atoms with Gasteiger partial charge in [-0.3, -0.25) is 0 Å². The van der Waals surface area contributed by atoms with Crippen LogP contribution in [0.4, 0.5) is 5.69 Å². The summed E-state index contributed by atoms with van der Waals surface area (Å²) in [4.78, 5) is 15.5. The highest BCUT2D eigenvalue weighted by atomic mass is 32.1. The van der Waals surface area contributed by atoms with Gasteiger partial charge in [0.1, 0.15) is 5.58 Å². The Morgan fingerprint density at radius 3 is 2.25 bits per heavy atom. The number of benzene rings is 6. The van der Waals surface area contributed by atoms with Crippen LogP contribution in [-0.4, -0.2) is 21.5 Å². The van der Waals surface area contributed by atoms with Gasteiger partial charge in [0.2, 0.25) is 0 Å². The molecule has 0 bridgehead atoms. The maximum absolute atomic E-state index is 6.65.